The summed E-state index contributed by atoms with van der Waals surface area (Å²) in [6.07, 6.45) is -0.868. The Morgan fingerprint density at radius 3 is 2.46 bits per heavy atom. The molecule has 4 aromatic rings. The summed E-state index contributed by atoms with van der Waals surface area (Å²) in [4.78, 5) is 12.3. The highest BCUT2D eigenvalue weighted by Crippen LogP contribution is 2.31. The Labute approximate surface area is 207 Å². The lowest BCUT2D eigenvalue weighted by molar-refractivity contribution is 0.102. The summed E-state index contributed by atoms with van der Waals surface area (Å²) in [5.74, 6) is 0.252. The molecule has 3 aromatic carbocycles. The van der Waals surface area contributed by atoms with Crippen LogP contribution in [0, 0.1) is 18.3 Å². The largest absolute Gasteiger partial charge is 0.418 e. The maximum absolute atomic E-state index is 12.3. The molecule has 4 rings (SSSR count). The van der Waals surface area contributed by atoms with Crippen LogP contribution in [-0.4, -0.2) is 27.3 Å². The number of carbonyl (C=O) groups is 1. The average molecular weight is 488 g/mol. The van der Waals surface area contributed by atoms with Gasteiger partial charge in [-0.2, -0.15) is 5.26 Å². The number of rotatable bonds is 7. The van der Waals surface area contributed by atoms with Gasteiger partial charge in [-0.25, -0.2) is 0 Å². The number of anilines is 2. The van der Waals surface area contributed by atoms with Gasteiger partial charge in [-0.3, -0.25) is 4.79 Å². The number of hydrogen-bond donors (Lipinski definition) is 3. The van der Waals surface area contributed by atoms with E-state index in [-0.39, 0.29) is 17.7 Å². The summed E-state index contributed by atoms with van der Waals surface area (Å²) >= 11 is 6.27. The molecule has 1 heterocycles. The molecular formula is C26H22ClN5O3. The molecule has 176 valence electrons. The van der Waals surface area contributed by atoms with Gasteiger partial charge in [0.2, 0.25) is 11.8 Å². The van der Waals surface area contributed by atoms with Crippen LogP contribution in [0.2, 0.25) is 5.02 Å². The minimum atomic E-state index is -0.868. The number of nitrogens with zero attached hydrogens (tertiary/aromatic N) is 3. The predicted octanol–water partition coefficient (Wildman–Crippen LogP) is 5.36. The Balaban J connectivity index is 1.51. The van der Waals surface area contributed by atoms with Crippen LogP contribution in [0.1, 0.15) is 40.3 Å². The van der Waals surface area contributed by atoms with E-state index in [1.807, 2.05) is 12.1 Å². The van der Waals surface area contributed by atoms with E-state index >= 15 is 0 Å². The minimum Gasteiger partial charge on any atom is -0.418 e. The number of aliphatic hydroxyl groups excluding tert-OH is 1. The van der Waals surface area contributed by atoms with Crippen LogP contribution in [0.25, 0.3) is 11.5 Å². The summed E-state index contributed by atoms with van der Waals surface area (Å²) in [6, 6.07) is 20.6. The normalized spacial score (nSPS) is 12.4. The number of nitrogens with one attached hydrogen (secondary N) is 2. The number of carbonyl (C=O) groups excluding carboxylic acids is 1. The Morgan fingerprint density at radius 1 is 1.09 bits per heavy atom. The van der Waals surface area contributed by atoms with Gasteiger partial charge in [0.1, 0.15) is 12.1 Å². The molecule has 0 saturated heterocycles. The molecule has 0 spiro atoms. The fraction of sp³-hybridized carbons (Fsp3) is 0.154. The fourth-order valence-corrected chi connectivity index (χ4v) is 3.66. The average Bonchev–Trinajstić information content (AvgIpc) is 3.35. The van der Waals surface area contributed by atoms with E-state index in [9.17, 15) is 9.90 Å². The molecule has 0 bridgehead atoms. The van der Waals surface area contributed by atoms with Crippen molar-refractivity contribution >= 4 is 28.9 Å². The third-order valence-corrected chi connectivity index (χ3v) is 5.92. The molecule has 0 fully saturated rings. The van der Waals surface area contributed by atoms with Crippen LogP contribution in [0.3, 0.4) is 0 Å². The van der Waals surface area contributed by atoms with Crippen molar-refractivity contribution in [2.75, 3.05) is 10.6 Å². The van der Waals surface area contributed by atoms with E-state index in [4.69, 9.17) is 21.3 Å². The zero-order valence-corrected chi connectivity index (χ0v) is 19.7. The Bertz CT molecular complexity index is 1380. The van der Waals surface area contributed by atoms with Crippen LogP contribution < -0.4 is 10.6 Å². The first-order valence-electron chi connectivity index (χ1n) is 10.8. The number of aliphatic hydroxyl groups is 1. The first-order valence-corrected chi connectivity index (χ1v) is 11.2. The van der Waals surface area contributed by atoms with Crippen molar-refractivity contribution in [2.24, 2.45) is 0 Å². The van der Waals surface area contributed by atoms with Crippen molar-refractivity contribution in [1.82, 2.24) is 10.2 Å². The van der Waals surface area contributed by atoms with Crippen molar-refractivity contribution in [2.45, 2.75) is 26.0 Å². The predicted molar refractivity (Wildman–Crippen MR) is 133 cm³/mol. The molecule has 0 aliphatic heterocycles. The summed E-state index contributed by atoms with van der Waals surface area (Å²) in [5, 5.41) is 34.1. The lowest BCUT2D eigenvalue weighted by Crippen LogP contribution is -2.23. The first kappa shape index (κ1) is 24.0. The van der Waals surface area contributed by atoms with Crippen LogP contribution in [0.4, 0.5) is 11.4 Å². The third kappa shape index (κ3) is 5.32. The number of nitriles is 1. The lowest BCUT2D eigenvalue weighted by Gasteiger charge is -2.21. The highest BCUT2D eigenvalue weighted by Gasteiger charge is 2.25. The second-order valence-corrected chi connectivity index (χ2v) is 8.29. The minimum absolute atomic E-state index is 0.191. The van der Waals surface area contributed by atoms with E-state index in [2.05, 4.69) is 20.8 Å². The van der Waals surface area contributed by atoms with Gasteiger partial charge >= 0.3 is 0 Å². The topological polar surface area (TPSA) is 124 Å². The molecule has 35 heavy (non-hydrogen) atoms. The van der Waals surface area contributed by atoms with Crippen molar-refractivity contribution < 1.29 is 14.3 Å². The Hall–Kier alpha value is -4.19. The standard InChI is InChI=1S/C26H22ClN5O3/c1-15-21(13-10-19(14-28)22(15)27)30-23(16(2)33)26-32-31-25(35-26)18-8-11-20(12-9-18)29-24(34)17-6-4-3-5-7-17/h3-13,16,23,30,33H,1-2H3,(H,29,34)/t16-,23+/m1/s1. The molecule has 0 unspecified atom stereocenters. The van der Waals surface area contributed by atoms with E-state index in [1.54, 1.807) is 74.5 Å². The lowest BCUT2D eigenvalue weighted by atomic mass is 10.1. The molecule has 9 heteroatoms. The number of aromatic nitrogens is 2. The summed E-state index contributed by atoms with van der Waals surface area (Å²) in [7, 11) is 0. The summed E-state index contributed by atoms with van der Waals surface area (Å²) in [6.45, 7) is 3.38. The van der Waals surface area contributed by atoms with Crippen LogP contribution in [-0.2, 0) is 0 Å². The number of hydrogen-bond acceptors (Lipinski definition) is 7. The van der Waals surface area contributed by atoms with Crippen molar-refractivity contribution in [3.8, 4) is 17.5 Å². The van der Waals surface area contributed by atoms with E-state index in [1.165, 1.54) is 0 Å². The number of benzene rings is 3. The van der Waals surface area contributed by atoms with Gasteiger partial charge < -0.3 is 20.2 Å². The number of halogens is 1. The first-order chi connectivity index (χ1) is 16.9. The molecule has 8 nitrogen and oxygen atoms in total. The van der Waals surface area contributed by atoms with Gasteiger partial charge in [0.05, 0.1) is 16.7 Å². The zero-order chi connectivity index (χ0) is 24.9. The maximum Gasteiger partial charge on any atom is 0.255 e. The van der Waals surface area contributed by atoms with Gasteiger partial charge in [0.15, 0.2) is 0 Å². The van der Waals surface area contributed by atoms with E-state index < -0.39 is 12.1 Å². The second kappa shape index (κ2) is 10.4. The maximum atomic E-state index is 12.3. The van der Waals surface area contributed by atoms with Crippen LogP contribution >= 0.6 is 11.6 Å². The molecule has 3 N–H and O–H groups in total. The highest BCUT2D eigenvalue weighted by atomic mass is 35.5. The molecule has 0 radical (unpaired) electrons. The smallest absolute Gasteiger partial charge is 0.255 e. The van der Waals surface area contributed by atoms with Gasteiger partial charge in [-0.15, -0.1) is 10.2 Å². The monoisotopic (exact) mass is 487 g/mol. The molecule has 0 aliphatic carbocycles. The Kier molecular flexibility index (Phi) is 7.11. The SMILES string of the molecule is Cc1c(N[C@H](c2nnc(-c3ccc(NC(=O)c4ccccc4)cc3)o2)[C@@H](C)O)ccc(C#N)c1Cl. The van der Waals surface area contributed by atoms with Gasteiger partial charge in [-0.1, -0.05) is 29.8 Å². The number of amides is 1. The highest BCUT2D eigenvalue weighted by molar-refractivity contribution is 6.32. The van der Waals surface area contributed by atoms with Crippen molar-refractivity contribution in [3.05, 3.63) is 94.3 Å². The van der Waals surface area contributed by atoms with E-state index in [0.29, 0.717) is 38.7 Å². The van der Waals surface area contributed by atoms with Crippen LogP contribution in [0.5, 0.6) is 0 Å². The third-order valence-electron chi connectivity index (χ3n) is 5.43. The Morgan fingerprint density at radius 2 is 1.80 bits per heavy atom. The molecule has 0 aliphatic rings. The fourth-order valence-electron chi connectivity index (χ4n) is 3.45. The molecule has 1 aromatic heterocycles. The summed E-state index contributed by atoms with van der Waals surface area (Å²) in [5.41, 5.74) is 3.52. The van der Waals surface area contributed by atoms with Gasteiger partial charge in [-0.05, 0) is 67.9 Å². The molecule has 0 saturated carbocycles. The van der Waals surface area contributed by atoms with Crippen molar-refractivity contribution in [3.63, 3.8) is 0 Å². The van der Waals surface area contributed by atoms with Crippen molar-refractivity contribution in [1.29, 1.82) is 5.26 Å². The molecule has 1 amide bonds. The molecule has 2 atom stereocenters. The zero-order valence-electron chi connectivity index (χ0n) is 19.0. The van der Waals surface area contributed by atoms with Gasteiger partial charge in [0, 0.05) is 22.5 Å². The van der Waals surface area contributed by atoms with E-state index in [0.717, 1.165) is 0 Å². The second-order valence-electron chi connectivity index (χ2n) is 7.92. The quantitative estimate of drug-likeness (QED) is 0.320. The van der Waals surface area contributed by atoms with Gasteiger partial charge in [0.25, 0.3) is 5.91 Å². The summed E-state index contributed by atoms with van der Waals surface area (Å²) < 4.78 is 5.85. The molecular weight excluding hydrogens is 466 g/mol. The van der Waals surface area contributed by atoms with Crippen LogP contribution in [0.15, 0.2) is 71.1 Å².